The first kappa shape index (κ1) is 16.6. The van der Waals surface area contributed by atoms with Crippen molar-refractivity contribution in [2.24, 2.45) is 4.99 Å². The number of aromatic nitrogens is 1. The summed E-state index contributed by atoms with van der Waals surface area (Å²) in [5, 5.41) is 0.951. The van der Waals surface area contributed by atoms with Gasteiger partial charge in [-0.3, -0.25) is 9.98 Å². The van der Waals surface area contributed by atoms with Crippen LogP contribution in [0.15, 0.2) is 63.2 Å². The highest BCUT2D eigenvalue weighted by Gasteiger charge is 2.53. The Labute approximate surface area is 153 Å². The van der Waals surface area contributed by atoms with E-state index >= 15 is 0 Å². The molecule has 0 unspecified atom stereocenters. The number of rotatable bonds is 1. The van der Waals surface area contributed by atoms with Crippen molar-refractivity contribution in [2.45, 2.75) is 38.2 Å². The molecule has 0 radical (unpaired) electrons. The smallest absolute Gasteiger partial charge is 0.271 e. The molecule has 4 rings (SSSR count). The van der Waals surface area contributed by atoms with Crippen LogP contribution in [0, 0.1) is 0 Å². The molecule has 0 fully saturated rings. The molecule has 25 heavy (non-hydrogen) atoms. The van der Waals surface area contributed by atoms with Crippen LogP contribution in [0.3, 0.4) is 0 Å². The van der Waals surface area contributed by atoms with Gasteiger partial charge in [0.15, 0.2) is 0 Å². The summed E-state index contributed by atoms with van der Waals surface area (Å²) < 4.78 is 30.7. The van der Waals surface area contributed by atoms with Crippen molar-refractivity contribution >= 4 is 32.5 Å². The molecule has 2 nitrogen and oxygen atoms in total. The lowest BCUT2D eigenvalue weighted by Crippen LogP contribution is -2.47. The summed E-state index contributed by atoms with van der Waals surface area (Å²) in [5.74, 6) is -2.94. The predicted octanol–water partition coefficient (Wildman–Crippen LogP) is 5.86. The predicted molar refractivity (Wildman–Crippen MR) is 100 cm³/mol. The molecule has 0 saturated carbocycles. The molecule has 0 spiro atoms. The average molecular weight is 403 g/mol. The molecule has 0 amide bonds. The minimum Gasteiger partial charge on any atom is -0.271 e. The number of pyridine rings is 1. The van der Waals surface area contributed by atoms with Gasteiger partial charge in [0.25, 0.3) is 5.92 Å². The zero-order chi connectivity index (χ0) is 17.8. The van der Waals surface area contributed by atoms with Crippen LogP contribution in [0.2, 0.25) is 0 Å². The number of nitrogens with zero attached hydrogens (tertiary/aromatic N) is 2. The van der Waals surface area contributed by atoms with Crippen molar-refractivity contribution in [3.8, 4) is 0 Å². The molecule has 2 heterocycles. The number of halogens is 3. The van der Waals surface area contributed by atoms with Crippen molar-refractivity contribution in [1.29, 1.82) is 0 Å². The third kappa shape index (κ3) is 2.56. The molecule has 1 aliphatic carbocycles. The van der Waals surface area contributed by atoms with Crippen molar-refractivity contribution in [3.05, 3.63) is 63.8 Å². The lowest BCUT2D eigenvalue weighted by atomic mass is 9.78. The van der Waals surface area contributed by atoms with Crippen molar-refractivity contribution in [2.75, 3.05) is 0 Å². The largest absolute Gasteiger partial charge is 0.294 e. The Bertz CT molecular complexity index is 971. The first-order valence-electron chi connectivity index (χ1n) is 8.23. The maximum Gasteiger partial charge on any atom is 0.294 e. The number of aliphatic imine (C=N–C) groups is 1. The number of hydrogen-bond donors (Lipinski definition) is 0. The molecule has 0 N–H and O–H groups in total. The second-order valence-electron chi connectivity index (χ2n) is 6.99. The zero-order valence-electron chi connectivity index (χ0n) is 14.0. The van der Waals surface area contributed by atoms with Crippen LogP contribution in [0.5, 0.6) is 0 Å². The van der Waals surface area contributed by atoms with Crippen molar-refractivity contribution in [1.82, 2.24) is 4.98 Å². The van der Waals surface area contributed by atoms with Gasteiger partial charge in [0, 0.05) is 32.8 Å². The minimum atomic E-state index is -2.94. The number of benzene rings is 1. The summed E-state index contributed by atoms with van der Waals surface area (Å²) in [5.41, 5.74) is 1.51. The molecule has 0 bridgehead atoms. The van der Waals surface area contributed by atoms with Gasteiger partial charge in [-0.25, -0.2) is 0 Å². The lowest BCUT2D eigenvalue weighted by molar-refractivity contribution is -0.0277. The van der Waals surface area contributed by atoms with Crippen LogP contribution in [-0.2, 0) is 0 Å². The fourth-order valence-electron chi connectivity index (χ4n) is 3.44. The van der Waals surface area contributed by atoms with Gasteiger partial charge in [0.2, 0.25) is 0 Å². The zero-order valence-corrected chi connectivity index (χ0v) is 15.6. The van der Waals surface area contributed by atoms with Gasteiger partial charge < -0.3 is 0 Å². The van der Waals surface area contributed by atoms with E-state index in [1.54, 1.807) is 12.3 Å². The highest BCUT2D eigenvalue weighted by molar-refractivity contribution is 9.10. The molecule has 1 aromatic heterocycles. The van der Waals surface area contributed by atoms with Crippen molar-refractivity contribution in [3.63, 3.8) is 0 Å². The van der Waals surface area contributed by atoms with E-state index in [1.165, 1.54) is 13.8 Å². The van der Waals surface area contributed by atoms with Gasteiger partial charge in [-0.15, -0.1) is 0 Å². The lowest BCUT2D eigenvalue weighted by Gasteiger charge is -2.39. The molecular formula is C20H17BrF2N2. The van der Waals surface area contributed by atoms with E-state index in [4.69, 9.17) is 0 Å². The summed E-state index contributed by atoms with van der Waals surface area (Å²) in [6.45, 7) is 3.00. The third-order valence-corrected chi connectivity index (χ3v) is 5.37. The average Bonchev–Trinajstić information content (AvgIpc) is 2.58. The number of alkyl halides is 2. The fourth-order valence-corrected chi connectivity index (χ4v) is 3.82. The van der Waals surface area contributed by atoms with Gasteiger partial charge in [-0.1, -0.05) is 28.1 Å². The molecular weight excluding hydrogens is 386 g/mol. The molecule has 1 aromatic carbocycles. The van der Waals surface area contributed by atoms with Crippen LogP contribution >= 0.6 is 15.9 Å². The van der Waals surface area contributed by atoms with E-state index in [-0.39, 0.29) is 5.57 Å². The number of fused-ring (bicyclic) bond motifs is 1. The Kier molecular flexibility index (Phi) is 3.69. The van der Waals surface area contributed by atoms with E-state index in [0.29, 0.717) is 24.1 Å². The number of allylic oxidation sites excluding steroid dienone is 3. The topological polar surface area (TPSA) is 25.2 Å². The second-order valence-corrected chi connectivity index (χ2v) is 7.90. The summed E-state index contributed by atoms with van der Waals surface area (Å²) in [7, 11) is 0. The molecule has 5 heteroatoms. The van der Waals surface area contributed by atoms with Crippen molar-refractivity contribution < 1.29 is 8.78 Å². The monoisotopic (exact) mass is 402 g/mol. The maximum atomic E-state index is 14.9. The quantitative estimate of drug-likeness (QED) is 0.586. The number of hydrogen-bond acceptors (Lipinski definition) is 2. The Morgan fingerprint density at radius 2 is 1.96 bits per heavy atom. The fraction of sp³-hybridized carbons (Fsp3) is 0.300. The van der Waals surface area contributed by atoms with Gasteiger partial charge in [-0.2, -0.15) is 8.78 Å². The molecule has 2 aromatic rings. The molecule has 2 aliphatic rings. The Morgan fingerprint density at radius 1 is 1.16 bits per heavy atom. The summed E-state index contributed by atoms with van der Waals surface area (Å²) in [6, 6.07) is 7.80. The van der Waals surface area contributed by atoms with Gasteiger partial charge >= 0.3 is 0 Å². The van der Waals surface area contributed by atoms with Gasteiger partial charge in [0.05, 0.1) is 11.2 Å². The van der Waals surface area contributed by atoms with Crippen LogP contribution < -0.4 is 0 Å². The normalized spacial score (nSPS) is 21.2. The van der Waals surface area contributed by atoms with E-state index in [0.717, 1.165) is 20.9 Å². The second kappa shape index (κ2) is 5.56. The van der Waals surface area contributed by atoms with Crippen LogP contribution in [0.4, 0.5) is 8.78 Å². The Hall–Kier alpha value is -1.88. The summed E-state index contributed by atoms with van der Waals surface area (Å²) in [4.78, 5) is 8.94. The maximum absolute atomic E-state index is 14.9. The standard InChI is InChI=1S/C20H17BrF2N2/c1-19(2)20(22,23)16-6-4-3-5-15(16)18(25-19)13-9-12-10-14(21)7-8-17(12)24-11-13/h3,5,7-11H,4,6H2,1-2H3. The first-order valence-corrected chi connectivity index (χ1v) is 9.03. The first-order chi connectivity index (χ1) is 11.8. The summed E-state index contributed by atoms with van der Waals surface area (Å²) in [6.07, 6.45) is 6.45. The van der Waals surface area contributed by atoms with E-state index in [1.807, 2.05) is 30.3 Å². The molecule has 0 saturated heterocycles. The molecule has 128 valence electrons. The van der Waals surface area contributed by atoms with E-state index in [2.05, 4.69) is 25.9 Å². The third-order valence-electron chi connectivity index (χ3n) is 4.88. The molecule has 0 atom stereocenters. The van der Waals surface area contributed by atoms with Crippen LogP contribution in [0.25, 0.3) is 10.9 Å². The Balaban J connectivity index is 1.93. The Morgan fingerprint density at radius 3 is 2.76 bits per heavy atom. The van der Waals surface area contributed by atoms with E-state index in [9.17, 15) is 8.78 Å². The van der Waals surface area contributed by atoms with Crippen LogP contribution in [-0.4, -0.2) is 22.2 Å². The highest BCUT2D eigenvalue weighted by atomic mass is 79.9. The van der Waals surface area contributed by atoms with Gasteiger partial charge in [0.1, 0.15) is 5.54 Å². The van der Waals surface area contributed by atoms with Gasteiger partial charge in [-0.05, 0) is 51.0 Å². The highest BCUT2D eigenvalue weighted by Crippen LogP contribution is 2.47. The van der Waals surface area contributed by atoms with Crippen LogP contribution in [0.1, 0.15) is 32.3 Å². The summed E-state index contributed by atoms with van der Waals surface area (Å²) >= 11 is 3.46. The number of dihydropyridines is 1. The molecule has 1 aliphatic heterocycles. The SMILES string of the molecule is CC1(C)N=C(c2cnc3ccc(Br)cc3c2)C2=C(CCC=C2)C1(F)F. The minimum absolute atomic E-state index is 0.194. The van der Waals surface area contributed by atoms with E-state index < -0.39 is 11.5 Å².